The predicted molar refractivity (Wildman–Crippen MR) is 193 cm³/mol. The zero-order chi connectivity index (χ0) is 33.0. The normalized spacial score (nSPS) is 12.4. The van der Waals surface area contributed by atoms with Crippen molar-refractivity contribution in [2.75, 3.05) is 0 Å². The predicted octanol–water partition coefficient (Wildman–Crippen LogP) is 9.10. The average molecular weight is 627 g/mol. The number of nitrogens with one attached hydrogen (secondary N) is 2. The van der Waals surface area contributed by atoms with Gasteiger partial charge in [0.2, 0.25) is 0 Å². The van der Waals surface area contributed by atoms with Crippen molar-refractivity contribution in [3.8, 4) is 22.5 Å². The molecule has 6 nitrogen and oxygen atoms in total. The second kappa shape index (κ2) is 13.3. The first kappa shape index (κ1) is 30.5. The molecule has 2 N–H and O–H groups in total. The van der Waals surface area contributed by atoms with Crippen molar-refractivity contribution in [3.63, 3.8) is 0 Å². The third-order valence-electron chi connectivity index (χ3n) is 8.66. The highest BCUT2D eigenvalue weighted by molar-refractivity contribution is 6.14. The summed E-state index contributed by atoms with van der Waals surface area (Å²) in [5, 5.41) is 7.64. The number of nitrogens with zero attached hydrogens (tertiary/aromatic N) is 2. The van der Waals surface area contributed by atoms with Crippen molar-refractivity contribution >= 4 is 33.6 Å². The summed E-state index contributed by atoms with van der Waals surface area (Å²) in [6.45, 7) is 3.94. The zero-order valence-corrected chi connectivity index (χ0v) is 26.7. The molecule has 2 aromatic heterocycles. The Morgan fingerprint density at radius 3 is 1.21 bits per heavy atom. The largest absolute Gasteiger partial charge is 0.345 e. The lowest BCUT2D eigenvalue weighted by Gasteiger charge is -2.18. The summed E-state index contributed by atoms with van der Waals surface area (Å²) in [6, 6.07) is 46.4. The van der Waals surface area contributed by atoms with Crippen LogP contribution >= 0.6 is 0 Å². The van der Waals surface area contributed by atoms with Crippen LogP contribution in [-0.4, -0.2) is 21.8 Å². The van der Waals surface area contributed by atoms with E-state index >= 15 is 0 Å². The maximum absolute atomic E-state index is 14.1. The van der Waals surface area contributed by atoms with Crippen LogP contribution in [0.25, 0.3) is 44.3 Å². The van der Waals surface area contributed by atoms with Crippen molar-refractivity contribution in [1.82, 2.24) is 20.6 Å². The van der Waals surface area contributed by atoms with Gasteiger partial charge in [0.15, 0.2) is 0 Å². The van der Waals surface area contributed by atoms with Crippen LogP contribution in [0.2, 0.25) is 0 Å². The summed E-state index contributed by atoms with van der Waals surface area (Å²) >= 11 is 0. The Bertz CT molecular complexity index is 2080. The highest BCUT2D eigenvalue weighted by Crippen LogP contribution is 2.32. The molecule has 0 aliphatic rings. The molecule has 0 aliphatic heterocycles. The van der Waals surface area contributed by atoms with Gasteiger partial charge in [0, 0.05) is 21.9 Å². The van der Waals surface area contributed by atoms with Crippen LogP contribution in [0, 0.1) is 0 Å². The van der Waals surface area contributed by atoms with Crippen molar-refractivity contribution < 1.29 is 9.59 Å². The molecule has 0 fully saturated rings. The van der Waals surface area contributed by atoms with Crippen LogP contribution in [0.3, 0.4) is 0 Å². The van der Waals surface area contributed by atoms with E-state index in [1.54, 1.807) is 0 Å². The van der Waals surface area contributed by atoms with Gasteiger partial charge in [-0.1, -0.05) is 121 Å². The van der Waals surface area contributed by atoms with E-state index in [0.717, 1.165) is 22.3 Å². The van der Waals surface area contributed by atoms with Gasteiger partial charge in [0.1, 0.15) is 0 Å². The molecule has 2 amide bonds. The molecule has 0 saturated heterocycles. The molecule has 0 aliphatic carbocycles. The van der Waals surface area contributed by atoms with E-state index in [9.17, 15) is 9.59 Å². The molecule has 48 heavy (non-hydrogen) atoms. The number of aromatic nitrogens is 2. The molecule has 0 saturated carbocycles. The Balaban J connectivity index is 1.41. The zero-order valence-electron chi connectivity index (χ0n) is 26.7. The Morgan fingerprint density at radius 2 is 0.833 bits per heavy atom. The summed E-state index contributed by atoms with van der Waals surface area (Å²) in [6.07, 6.45) is 0. The monoisotopic (exact) mass is 626 g/mol. The lowest BCUT2D eigenvalue weighted by molar-refractivity contribution is 0.0933. The summed E-state index contributed by atoms with van der Waals surface area (Å²) in [7, 11) is 0. The van der Waals surface area contributed by atoms with Crippen LogP contribution < -0.4 is 10.6 Å². The smallest absolute Gasteiger partial charge is 0.252 e. The molecule has 0 radical (unpaired) electrons. The number of carbonyl (C=O) groups excluding carboxylic acids is 2. The van der Waals surface area contributed by atoms with Gasteiger partial charge in [-0.05, 0) is 49.2 Å². The van der Waals surface area contributed by atoms with E-state index < -0.39 is 0 Å². The molecule has 7 rings (SSSR count). The fourth-order valence-electron chi connectivity index (χ4n) is 6.03. The molecule has 2 atom stereocenters. The maximum atomic E-state index is 14.1. The van der Waals surface area contributed by atoms with Gasteiger partial charge in [-0.2, -0.15) is 0 Å². The fourth-order valence-corrected chi connectivity index (χ4v) is 6.03. The van der Waals surface area contributed by atoms with Crippen LogP contribution in [-0.2, 0) is 0 Å². The van der Waals surface area contributed by atoms with Crippen molar-refractivity contribution in [3.05, 3.63) is 168 Å². The van der Waals surface area contributed by atoms with Crippen molar-refractivity contribution in [1.29, 1.82) is 0 Å². The third-order valence-corrected chi connectivity index (χ3v) is 8.66. The highest BCUT2D eigenvalue weighted by atomic mass is 16.2. The Kier molecular flexibility index (Phi) is 8.46. The van der Waals surface area contributed by atoms with E-state index in [-0.39, 0.29) is 23.9 Å². The molecule has 2 heterocycles. The van der Waals surface area contributed by atoms with Crippen molar-refractivity contribution in [2.24, 2.45) is 0 Å². The molecular formula is C42H34N4O2. The molecule has 7 aromatic rings. The van der Waals surface area contributed by atoms with Crippen LogP contribution in [0.1, 0.15) is 57.8 Å². The quantitative estimate of drug-likeness (QED) is 0.165. The standard InChI is InChI=1S/C42H34N4O2/c1-27(29-15-7-3-8-16-29)43-41(47)35-24-37(31-19-11-5-12-20-31)45-39-26-40-34(23-33(35)39)36(25-38(46-40)32-21-13-6-14-22-32)42(48)44-28(2)30-17-9-4-10-18-30/h3-28H,1-2H3,(H,43,47)(H,44,48)/t27-,28-/m0/s1. The second-order valence-electron chi connectivity index (χ2n) is 11.9. The Labute approximate surface area is 279 Å². The molecule has 234 valence electrons. The average Bonchev–Trinajstić information content (AvgIpc) is 3.14. The molecular weight excluding hydrogens is 592 g/mol. The number of pyridine rings is 2. The van der Waals surface area contributed by atoms with E-state index in [4.69, 9.17) is 9.97 Å². The lowest BCUT2D eigenvalue weighted by Crippen LogP contribution is -2.27. The summed E-state index contributed by atoms with van der Waals surface area (Å²) in [5.74, 6) is -0.458. The first-order valence-electron chi connectivity index (χ1n) is 16.1. The molecule has 5 aromatic carbocycles. The van der Waals surface area contributed by atoms with Crippen LogP contribution in [0.5, 0.6) is 0 Å². The minimum Gasteiger partial charge on any atom is -0.345 e. The van der Waals surface area contributed by atoms with Gasteiger partial charge in [-0.25, -0.2) is 9.97 Å². The van der Waals surface area contributed by atoms with Gasteiger partial charge >= 0.3 is 0 Å². The minimum atomic E-state index is -0.229. The lowest BCUT2D eigenvalue weighted by atomic mass is 9.97. The topological polar surface area (TPSA) is 84.0 Å². The Hall–Kier alpha value is -6.14. The van der Waals surface area contributed by atoms with Gasteiger partial charge in [-0.3, -0.25) is 9.59 Å². The van der Waals surface area contributed by atoms with Gasteiger partial charge in [0.05, 0.1) is 45.6 Å². The van der Waals surface area contributed by atoms with Crippen molar-refractivity contribution in [2.45, 2.75) is 25.9 Å². The number of hydrogen-bond donors (Lipinski definition) is 2. The molecule has 0 spiro atoms. The highest BCUT2D eigenvalue weighted by Gasteiger charge is 2.21. The number of rotatable bonds is 8. The third kappa shape index (κ3) is 6.29. The van der Waals surface area contributed by atoms with E-state index in [1.165, 1.54) is 0 Å². The molecule has 0 unspecified atom stereocenters. The number of hydrogen-bond acceptors (Lipinski definition) is 4. The number of amides is 2. The van der Waals surface area contributed by atoms with E-state index in [1.807, 2.05) is 159 Å². The number of carbonyl (C=O) groups is 2. The van der Waals surface area contributed by atoms with Crippen LogP contribution in [0.15, 0.2) is 146 Å². The first-order chi connectivity index (χ1) is 23.4. The SMILES string of the molecule is C[C@H](NC(=O)c1cc(-c2ccccc2)nc2cc3nc(-c4ccccc4)cc(C(=O)N[C@@H](C)c4ccccc4)c3cc12)c1ccccc1. The maximum Gasteiger partial charge on any atom is 0.252 e. The molecule has 0 bridgehead atoms. The van der Waals surface area contributed by atoms with Gasteiger partial charge < -0.3 is 10.6 Å². The molecule has 6 heteroatoms. The van der Waals surface area contributed by atoms with Gasteiger partial charge in [0.25, 0.3) is 11.8 Å². The van der Waals surface area contributed by atoms with Crippen LogP contribution in [0.4, 0.5) is 0 Å². The second-order valence-corrected chi connectivity index (χ2v) is 11.9. The van der Waals surface area contributed by atoms with E-state index in [0.29, 0.717) is 44.3 Å². The fraction of sp³-hybridized carbons (Fsp3) is 0.0952. The number of fused-ring (bicyclic) bond motifs is 2. The summed E-state index contributed by atoms with van der Waals surface area (Å²) in [4.78, 5) is 38.2. The van der Waals surface area contributed by atoms with Gasteiger partial charge in [-0.15, -0.1) is 0 Å². The summed E-state index contributed by atoms with van der Waals surface area (Å²) in [5.41, 5.74) is 7.31. The first-order valence-corrected chi connectivity index (χ1v) is 16.1. The summed E-state index contributed by atoms with van der Waals surface area (Å²) < 4.78 is 0. The number of benzene rings is 5. The Morgan fingerprint density at radius 1 is 0.479 bits per heavy atom. The minimum absolute atomic E-state index is 0.224. The van der Waals surface area contributed by atoms with E-state index in [2.05, 4.69) is 10.6 Å².